The van der Waals surface area contributed by atoms with Crippen molar-refractivity contribution < 1.29 is 9.59 Å². The Hall–Kier alpha value is -2.56. The molecule has 1 unspecified atom stereocenters. The Bertz CT molecular complexity index is 1160. The van der Waals surface area contributed by atoms with Gasteiger partial charge in [-0.1, -0.05) is 47.5 Å². The molecule has 4 nitrogen and oxygen atoms in total. The minimum Gasteiger partial charge on any atom is -0.326 e. The van der Waals surface area contributed by atoms with Gasteiger partial charge >= 0.3 is 0 Å². The summed E-state index contributed by atoms with van der Waals surface area (Å²) in [5.41, 5.74) is 4.13. The van der Waals surface area contributed by atoms with Crippen LogP contribution in [0.3, 0.4) is 0 Å². The van der Waals surface area contributed by atoms with Crippen molar-refractivity contribution in [3.63, 3.8) is 0 Å². The lowest BCUT2D eigenvalue weighted by molar-refractivity contribution is -0.122. The normalized spacial score (nSPS) is 17.9. The highest BCUT2D eigenvalue weighted by Gasteiger charge is 2.36. The van der Waals surface area contributed by atoms with E-state index in [-0.39, 0.29) is 18.2 Å². The molecular weight excluding hydrogens is 407 g/mol. The first-order chi connectivity index (χ1) is 14.0. The number of nitrogens with one attached hydrogen (secondary N) is 1. The number of carbonyl (C=O) groups excluding carboxylic acids is 2. The van der Waals surface area contributed by atoms with Crippen molar-refractivity contribution in [3.8, 4) is 0 Å². The van der Waals surface area contributed by atoms with Crippen LogP contribution in [-0.2, 0) is 22.4 Å². The fourth-order valence-electron chi connectivity index (χ4n) is 4.40. The fraction of sp³-hybridized carbons (Fsp3) is 0.217. The van der Waals surface area contributed by atoms with Gasteiger partial charge in [0.1, 0.15) is 0 Å². The number of benzene rings is 3. The van der Waals surface area contributed by atoms with Crippen molar-refractivity contribution in [1.29, 1.82) is 0 Å². The lowest BCUT2D eigenvalue weighted by atomic mass is 10.0. The summed E-state index contributed by atoms with van der Waals surface area (Å²) in [7, 11) is 0. The van der Waals surface area contributed by atoms with E-state index in [0.29, 0.717) is 22.3 Å². The summed E-state index contributed by atoms with van der Waals surface area (Å²) in [5, 5.41) is 6.01. The number of amides is 2. The number of hydrogen-bond acceptors (Lipinski definition) is 2. The monoisotopic (exact) mass is 424 g/mol. The Morgan fingerprint density at radius 1 is 1.00 bits per heavy atom. The molecule has 0 bridgehead atoms. The van der Waals surface area contributed by atoms with Crippen molar-refractivity contribution in [3.05, 3.63) is 69.7 Å². The fourth-order valence-corrected chi connectivity index (χ4v) is 4.70. The summed E-state index contributed by atoms with van der Waals surface area (Å²) >= 11 is 12.0. The molecule has 5 rings (SSSR count). The Morgan fingerprint density at radius 3 is 2.59 bits per heavy atom. The smallest absolute Gasteiger partial charge is 0.229 e. The molecule has 3 aromatic carbocycles. The first kappa shape index (κ1) is 18.5. The maximum absolute atomic E-state index is 12.8. The molecule has 1 N–H and O–H groups in total. The van der Waals surface area contributed by atoms with Gasteiger partial charge in [-0.05, 0) is 53.6 Å². The molecule has 0 radical (unpaired) electrons. The van der Waals surface area contributed by atoms with E-state index in [1.807, 2.05) is 12.1 Å². The highest BCUT2D eigenvalue weighted by atomic mass is 35.5. The second-order valence-corrected chi connectivity index (χ2v) is 8.42. The van der Waals surface area contributed by atoms with Crippen LogP contribution in [0.1, 0.15) is 17.5 Å². The first-order valence-electron chi connectivity index (χ1n) is 9.61. The molecule has 1 aliphatic heterocycles. The molecule has 3 aromatic rings. The van der Waals surface area contributed by atoms with E-state index < -0.39 is 5.92 Å². The highest BCUT2D eigenvalue weighted by molar-refractivity contribution is 6.42. The third kappa shape index (κ3) is 3.17. The molecule has 29 heavy (non-hydrogen) atoms. The summed E-state index contributed by atoms with van der Waals surface area (Å²) in [4.78, 5) is 27.3. The standard InChI is InChI=1S/C23H18Cl2N2O2/c24-18-8-7-16(11-19(18)25)26-23(29)15-10-21(28)27(12-15)20-9-6-14-5-4-13-2-1-3-17(20)22(13)14/h1-3,6-9,11,15H,4-5,10,12H2,(H,26,29). The maximum atomic E-state index is 12.8. The van der Waals surface area contributed by atoms with Crippen molar-refractivity contribution in [2.45, 2.75) is 19.3 Å². The van der Waals surface area contributed by atoms with Gasteiger partial charge in [-0.25, -0.2) is 0 Å². The Morgan fingerprint density at radius 2 is 1.79 bits per heavy atom. The molecule has 1 aliphatic carbocycles. The zero-order valence-electron chi connectivity index (χ0n) is 15.5. The van der Waals surface area contributed by atoms with Gasteiger partial charge in [-0.15, -0.1) is 0 Å². The van der Waals surface area contributed by atoms with E-state index in [1.54, 1.807) is 23.1 Å². The average molecular weight is 425 g/mol. The number of carbonyl (C=O) groups is 2. The van der Waals surface area contributed by atoms with Crippen LogP contribution in [0.5, 0.6) is 0 Å². The van der Waals surface area contributed by atoms with Crippen LogP contribution in [0.4, 0.5) is 11.4 Å². The molecule has 6 heteroatoms. The van der Waals surface area contributed by atoms with Gasteiger partial charge < -0.3 is 10.2 Å². The van der Waals surface area contributed by atoms with Crippen LogP contribution >= 0.6 is 23.2 Å². The van der Waals surface area contributed by atoms with E-state index in [0.717, 1.165) is 23.9 Å². The quantitative estimate of drug-likeness (QED) is 0.624. The van der Waals surface area contributed by atoms with Gasteiger partial charge in [0, 0.05) is 24.0 Å². The van der Waals surface area contributed by atoms with Gasteiger partial charge in [0.05, 0.1) is 21.7 Å². The Labute approximate surface area is 178 Å². The number of halogens is 2. The third-order valence-corrected chi connectivity index (χ3v) is 6.57. The summed E-state index contributed by atoms with van der Waals surface area (Å²) < 4.78 is 0. The molecule has 2 amide bonds. The summed E-state index contributed by atoms with van der Waals surface area (Å²) in [6.07, 6.45) is 2.27. The molecule has 1 heterocycles. The minimum absolute atomic E-state index is 0.0296. The summed E-state index contributed by atoms with van der Waals surface area (Å²) in [5.74, 6) is -0.636. The number of hydrogen-bond donors (Lipinski definition) is 1. The van der Waals surface area contributed by atoms with E-state index >= 15 is 0 Å². The van der Waals surface area contributed by atoms with Crippen LogP contribution in [0.2, 0.25) is 10.0 Å². The molecule has 0 aromatic heterocycles. The Balaban J connectivity index is 1.40. The second-order valence-electron chi connectivity index (χ2n) is 7.61. The predicted octanol–water partition coefficient (Wildman–Crippen LogP) is 5.24. The van der Waals surface area contributed by atoms with E-state index in [9.17, 15) is 9.59 Å². The number of aryl methyl sites for hydroxylation is 2. The molecule has 0 saturated carbocycles. The zero-order chi connectivity index (χ0) is 20.1. The Kier molecular flexibility index (Phi) is 4.49. The maximum Gasteiger partial charge on any atom is 0.229 e. The third-order valence-electron chi connectivity index (χ3n) is 5.83. The van der Waals surface area contributed by atoms with Gasteiger partial charge in [0.25, 0.3) is 0 Å². The molecule has 1 fully saturated rings. The SMILES string of the molecule is O=C(Nc1ccc(Cl)c(Cl)c1)C1CC(=O)N(c2ccc3c4c(cccc24)CC3)C1. The van der Waals surface area contributed by atoms with E-state index in [1.165, 1.54) is 16.5 Å². The lowest BCUT2D eigenvalue weighted by Gasteiger charge is -2.20. The molecule has 1 atom stereocenters. The van der Waals surface area contributed by atoms with Crippen LogP contribution < -0.4 is 10.2 Å². The number of rotatable bonds is 3. The predicted molar refractivity (Wildman–Crippen MR) is 117 cm³/mol. The summed E-state index contributed by atoms with van der Waals surface area (Å²) in [6, 6.07) is 15.4. The second kappa shape index (κ2) is 7.05. The van der Waals surface area contributed by atoms with Crippen molar-refractivity contribution >= 4 is 57.2 Å². The highest BCUT2D eigenvalue weighted by Crippen LogP contribution is 2.38. The number of anilines is 2. The van der Waals surface area contributed by atoms with Crippen LogP contribution in [0.25, 0.3) is 10.8 Å². The molecule has 1 saturated heterocycles. The van der Waals surface area contributed by atoms with Gasteiger partial charge in [-0.2, -0.15) is 0 Å². The molecular formula is C23H18Cl2N2O2. The van der Waals surface area contributed by atoms with Gasteiger partial charge in [0.2, 0.25) is 11.8 Å². The topological polar surface area (TPSA) is 49.4 Å². The lowest BCUT2D eigenvalue weighted by Crippen LogP contribution is -2.28. The van der Waals surface area contributed by atoms with Crippen molar-refractivity contribution in [1.82, 2.24) is 0 Å². The minimum atomic E-state index is -0.417. The molecule has 2 aliphatic rings. The largest absolute Gasteiger partial charge is 0.326 e. The van der Waals surface area contributed by atoms with Gasteiger partial charge in [0.15, 0.2) is 0 Å². The molecule has 146 valence electrons. The molecule has 0 spiro atoms. The summed E-state index contributed by atoms with van der Waals surface area (Å²) in [6.45, 7) is 0.366. The van der Waals surface area contributed by atoms with Crippen LogP contribution in [0.15, 0.2) is 48.5 Å². The van der Waals surface area contributed by atoms with Crippen molar-refractivity contribution in [2.75, 3.05) is 16.8 Å². The average Bonchev–Trinajstić information content (AvgIpc) is 3.30. The van der Waals surface area contributed by atoms with Crippen LogP contribution in [0, 0.1) is 5.92 Å². The number of nitrogens with zero attached hydrogens (tertiary/aromatic N) is 1. The van der Waals surface area contributed by atoms with Gasteiger partial charge in [-0.3, -0.25) is 9.59 Å². The van der Waals surface area contributed by atoms with Crippen molar-refractivity contribution in [2.24, 2.45) is 5.92 Å². The van der Waals surface area contributed by atoms with Crippen LogP contribution in [-0.4, -0.2) is 18.4 Å². The first-order valence-corrected chi connectivity index (χ1v) is 10.4. The zero-order valence-corrected chi connectivity index (χ0v) is 17.1. The van der Waals surface area contributed by atoms with E-state index in [2.05, 4.69) is 23.5 Å². The van der Waals surface area contributed by atoms with E-state index in [4.69, 9.17) is 23.2 Å².